The number of nitrogens with one attached hydrogen (secondary N) is 2. The van der Waals surface area contributed by atoms with E-state index in [1.165, 1.54) is 0 Å². The lowest BCUT2D eigenvalue weighted by molar-refractivity contribution is -0.118. The molecule has 7 nitrogen and oxygen atoms in total. The molecular formula is C25H34N4O3. The van der Waals surface area contributed by atoms with E-state index >= 15 is 0 Å². The van der Waals surface area contributed by atoms with Gasteiger partial charge in [0.15, 0.2) is 0 Å². The molecule has 1 unspecified atom stereocenters. The molecule has 2 N–H and O–H groups in total. The van der Waals surface area contributed by atoms with Gasteiger partial charge in [0.2, 0.25) is 5.91 Å². The first kappa shape index (κ1) is 23.8. The van der Waals surface area contributed by atoms with Crippen molar-refractivity contribution in [2.75, 3.05) is 45.7 Å². The zero-order valence-corrected chi connectivity index (χ0v) is 19.4. The molecule has 0 aliphatic carbocycles. The third-order valence-electron chi connectivity index (χ3n) is 5.78. The Morgan fingerprint density at radius 3 is 2.34 bits per heavy atom. The predicted octanol–water partition coefficient (Wildman–Crippen LogP) is 2.84. The maximum atomic E-state index is 13.0. The summed E-state index contributed by atoms with van der Waals surface area (Å²) >= 11 is 0. The minimum absolute atomic E-state index is 0.0641. The summed E-state index contributed by atoms with van der Waals surface area (Å²) in [4.78, 5) is 30.4. The van der Waals surface area contributed by atoms with E-state index in [1.54, 1.807) is 31.4 Å². The molecule has 0 aromatic heterocycles. The number of benzene rings is 2. The monoisotopic (exact) mass is 438 g/mol. The Labute approximate surface area is 190 Å². The first-order chi connectivity index (χ1) is 15.4. The summed E-state index contributed by atoms with van der Waals surface area (Å²) in [6, 6.07) is 14.1. The third-order valence-corrected chi connectivity index (χ3v) is 5.78. The van der Waals surface area contributed by atoms with Gasteiger partial charge in [-0.25, -0.2) is 0 Å². The topological polar surface area (TPSA) is 73.9 Å². The molecule has 32 heavy (non-hydrogen) atoms. The van der Waals surface area contributed by atoms with E-state index in [0.29, 0.717) is 11.3 Å². The van der Waals surface area contributed by atoms with Crippen LogP contribution in [0.4, 0.5) is 5.69 Å². The van der Waals surface area contributed by atoms with Crippen molar-refractivity contribution in [1.82, 2.24) is 15.1 Å². The average molecular weight is 439 g/mol. The number of nitrogens with zero attached hydrogens (tertiary/aromatic N) is 2. The first-order valence-electron chi connectivity index (χ1n) is 11.1. The lowest BCUT2D eigenvalue weighted by Crippen LogP contribution is -2.47. The SMILES string of the molecule is COc1ccc(C(=O)NC(C(=O)Nc2cccc(CN3CCN(C)CC3)c2)C(C)C)cc1. The van der Waals surface area contributed by atoms with Gasteiger partial charge in [0, 0.05) is 44.0 Å². The van der Waals surface area contributed by atoms with Crippen molar-refractivity contribution in [1.29, 1.82) is 0 Å². The van der Waals surface area contributed by atoms with E-state index in [1.807, 2.05) is 32.0 Å². The molecule has 1 fully saturated rings. The molecular weight excluding hydrogens is 404 g/mol. The molecule has 7 heteroatoms. The average Bonchev–Trinajstić information content (AvgIpc) is 2.79. The number of hydrogen-bond donors (Lipinski definition) is 2. The van der Waals surface area contributed by atoms with Crippen LogP contribution in [0.25, 0.3) is 0 Å². The fourth-order valence-electron chi connectivity index (χ4n) is 3.73. The Morgan fingerprint density at radius 2 is 1.72 bits per heavy atom. The van der Waals surface area contributed by atoms with Crippen LogP contribution in [-0.4, -0.2) is 68.0 Å². The quantitative estimate of drug-likeness (QED) is 0.663. The number of carbonyl (C=O) groups is 2. The van der Waals surface area contributed by atoms with Crippen LogP contribution in [0, 0.1) is 5.92 Å². The highest BCUT2D eigenvalue weighted by Gasteiger charge is 2.25. The minimum atomic E-state index is -0.647. The van der Waals surface area contributed by atoms with Gasteiger partial charge in [-0.2, -0.15) is 0 Å². The Balaban J connectivity index is 1.62. The minimum Gasteiger partial charge on any atom is -0.497 e. The van der Waals surface area contributed by atoms with Gasteiger partial charge in [-0.1, -0.05) is 26.0 Å². The van der Waals surface area contributed by atoms with Crippen molar-refractivity contribution >= 4 is 17.5 Å². The molecule has 0 bridgehead atoms. The summed E-state index contributed by atoms with van der Waals surface area (Å²) in [5, 5.41) is 5.85. The molecule has 1 atom stereocenters. The summed E-state index contributed by atoms with van der Waals surface area (Å²) in [6.07, 6.45) is 0. The molecule has 172 valence electrons. The van der Waals surface area contributed by atoms with Crippen molar-refractivity contribution in [2.45, 2.75) is 26.4 Å². The maximum Gasteiger partial charge on any atom is 0.251 e. The van der Waals surface area contributed by atoms with E-state index in [-0.39, 0.29) is 17.7 Å². The molecule has 0 saturated carbocycles. The van der Waals surface area contributed by atoms with Crippen LogP contribution in [0.3, 0.4) is 0 Å². The smallest absolute Gasteiger partial charge is 0.251 e. The molecule has 2 aromatic carbocycles. The molecule has 1 aliphatic rings. The zero-order chi connectivity index (χ0) is 23.1. The van der Waals surface area contributed by atoms with Gasteiger partial charge in [0.1, 0.15) is 11.8 Å². The third kappa shape index (κ3) is 6.55. The molecule has 0 radical (unpaired) electrons. The lowest BCUT2D eigenvalue weighted by Gasteiger charge is -2.32. The molecule has 1 heterocycles. The molecule has 1 aliphatic heterocycles. The number of carbonyl (C=O) groups excluding carboxylic acids is 2. The number of likely N-dealkylation sites (N-methyl/N-ethyl adjacent to an activating group) is 1. The summed E-state index contributed by atoms with van der Waals surface area (Å²) in [5.74, 6) is 0.103. The predicted molar refractivity (Wildman–Crippen MR) is 127 cm³/mol. The number of hydrogen-bond acceptors (Lipinski definition) is 5. The van der Waals surface area contributed by atoms with Crippen molar-refractivity contribution in [2.24, 2.45) is 5.92 Å². The molecule has 1 saturated heterocycles. The van der Waals surface area contributed by atoms with E-state index in [4.69, 9.17) is 4.74 Å². The first-order valence-corrected chi connectivity index (χ1v) is 11.1. The Morgan fingerprint density at radius 1 is 1.03 bits per heavy atom. The van der Waals surface area contributed by atoms with E-state index in [0.717, 1.165) is 44.0 Å². The fourth-order valence-corrected chi connectivity index (χ4v) is 3.73. The molecule has 0 spiro atoms. The number of methoxy groups -OCH3 is 1. The number of anilines is 1. The van der Waals surface area contributed by atoms with Gasteiger partial charge in [0.25, 0.3) is 5.91 Å². The van der Waals surface area contributed by atoms with E-state index < -0.39 is 6.04 Å². The van der Waals surface area contributed by atoms with Gasteiger partial charge in [-0.15, -0.1) is 0 Å². The number of amides is 2. The molecule has 2 aromatic rings. The van der Waals surface area contributed by atoms with Crippen molar-refractivity contribution in [3.8, 4) is 5.75 Å². The van der Waals surface area contributed by atoms with Crippen LogP contribution in [0.1, 0.15) is 29.8 Å². The van der Waals surface area contributed by atoms with Crippen molar-refractivity contribution in [3.63, 3.8) is 0 Å². The second-order valence-electron chi connectivity index (χ2n) is 8.69. The van der Waals surface area contributed by atoms with Crippen molar-refractivity contribution < 1.29 is 14.3 Å². The van der Waals surface area contributed by atoms with Crippen LogP contribution in [0.15, 0.2) is 48.5 Å². The van der Waals surface area contributed by atoms with Gasteiger partial charge in [-0.05, 0) is 54.9 Å². The molecule has 2 amide bonds. The summed E-state index contributed by atoms with van der Waals surface area (Å²) in [7, 11) is 3.72. The Kier molecular flexibility index (Phi) is 8.25. The lowest BCUT2D eigenvalue weighted by atomic mass is 10.0. The van der Waals surface area contributed by atoms with Gasteiger partial charge >= 0.3 is 0 Å². The van der Waals surface area contributed by atoms with Crippen molar-refractivity contribution in [3.05, 3.63) is 59.7 Å². The Hall–Kier alpha value is -2.90. The Bertz CT molecular complexity index is 906. The van der Waals surface area contributed by atoms with Crippen LogP contribution >= 0.6 is 0 Å². The largest absolute Gasteiger partial charge is 0.497 e. The highest BCUT2D eigenvalue weighted by atomic mass is 16.5. The normalized spacial score (nSPS) is 15.9. The number of ether oxygens (including phenoxy) is 1. The standard InChI is InChI=1S/C25H34N4O3/c1-18(2)23(27-24(30)20-8-10-22(32-4)11-9-20)25(31)26-21-7-5-6-19(16-21)17-29-14-12-28(3)13-15-29/h5-11,16,18,23H,12-15,17H2,1-4H3,(H,26,31)(H,27,30). The summed E-state index contributed by atoms with van der Waals surface area (Å²) in [6.45, 7) is 8.92. The van der Waals surface area contributed by atoms with Gasteiger partial charge in [0.05, 0.1) is 7.11 Å². The zero-order valence-electron chi connectivity index (χ0n) is 19.4. The van der Waals surface area contributed by atoms with E-state index in [2.05, 4.69) is 33.5 Å². The second kappa shape index (κ2) is 11.1. The highest BCUT2D eigenvalue weighted by Crippen LogP contribution is 2.16. The maximum absolute atomic E-state index is 13.0. The van der Waals surface area contributed by atoms with Gasteiger partial charge in [-0.3, -0.25) is 14.5 Å². The summed E-state index contributed by atoms with van der Waals surface area (Å²) < 4.78 is 5.13. The van der Waals surface area contributed by atoms with Gasteiger partial charge < -0.3 is 20.3 Å². The van der Waals surface area contributed by atoms with Crippen LogP contribution < -0.4 is 15.4 Å². The second-order valence-corrected chi connectivity index (χ2v) is 8.69. The highest BCUT2D eigenvalue weighted by molar-refractivity contribution is 6.01. The number of piperazine rings is 1. The summed E-state index contributed by atoms with van der Waals surface area (Å²) in [5.41, 5.74) is 2.39. The van der Waals surface area contributed by atoms with Crippen LogP contribution in [0.2, 0.25) is 0 Å². The van der Waals surface area contributed by atoms with E-state index in [9.17, 15) is 9.59 Å². The molecule has 3 rings (SSSR count). The fraction of sp³-hybridized carbons (Fsp3) is 0.440. The number of rotatable bonds is 8. The van der Waals surface area contributed by atoms with Crippen LogP contribution in [-0.2, 0) is 11.3 Å². The van der Waals surface area contributed by atoms with Crippen LogP contribution in [0.5, 0.6) is 5.75 Å².